The third-order valence-electron chi connectivity index (χ3n) is 3.51. The second kappa shape index (κ2) is 5.82. The number of hydrogen-bond donors (Lipinski definition) is 0. The Morgan fingerprint density at radius 3 is 2.52 bits per heavy atom. The van der Waals surface area contributed by atoms with Crippen molar-refractivity contribution in [1.29, 1.82) is 0 Å². The first-order valence-corrected chi connectivity index (χ1v) is 8.09. The van der Waals surface area contributed by atoms with Gasteiger partial charge in [0, 0.05) is 12.6 Å². The van der Waals surface area contributed by atoms with Crippen LogP contribution in [0.25, 0.3) is 0 Å². The van der Waals surface area contributed by atoms with E-state index in [1.54, 1.807) is 12.1 Å². The molecule has 0 aliphatic carbocycles. The van der Waals surface area contributed by atoms with Crippen LogP contribution in [0.3, 0.4) is 0 Å². The van der Waals surface area contributed by atoms with Gasteiger partial charge >= 0.3 is 0 Å². The van der Waals surface area contributed by atoms with Crippen molar-refractivity contribution in [3.63, 3.8) is 0 Å². The minimum atomic E-state index is -3.70. The molecule has 0 unspecified atom stereocenters. The average Bonchev–Trinajstić information content (AvgIpc) is 2.45. The zero-order chi connectivity index (χ0) is 15.7. The molecule has 0 atom stereocenters. The van der Waals surface area contributed by atoms with Gasteiger partial charge in [0.2, 0.25) is 10.0 Å². The number of nitrogens with zero attached hydrogens (tertiary/aromatic N) is 1. The van der Waals surface area contributed by atoms with Crippen LogP contribution >= 0.6 is 0 Å². The minimum absolute atomic E-state index is 0.110. The van der Waals surface area contributed by atoms with E-state index in [2.05, 4.69) is 0 Å². The Hall–Kier alpha value is -1.31. The summed E-state index contributed by atoms with van der Waals surface area (Å²) in [6.45, 7) is 4.75. The van der Waals surface area contributed by atoms with Gasteiger partial charge < -0.3 is 14.2 Å². The molecule has 0 N–H and O–H groups in total. The van der Waals surface area contributed by atoms with E-state index >= 15 is 0 Å². The summed E-state index contributed by atoms with van der Waals surface area (Å²) in [5.41, 5.74) is -0.606. The minimum Gasteiger partial charge on any atom is -0.497 e. The standard InChI is InChI=1S/C14H21NO5S/c1-14(2)10-20-8-7-15(14)21(16,17)13-9-11(18-3)5-6-12(13)19-4/h5-6,9H,7-8,10H2,1-4H3. The number of benzene rings is 1. The van der Waals surface area contributed by atoms with Gasteiger partial charge in [0.05, 0.1) is 33.0 Å². The van der Waals surface area contributed by atoms with Gasteiger partial charge in [-0.1, -0.05) is 0 Å². The lowest BCUT2D eigenvalue weighted by Crippen LogP contribution is -2.55. The average molecular weight is 315 g/mol. The van der Waals surface area contributed by atoms with Crippen molar-refractivity contribution in [3.05, 3.63) is 18.2 Å². The molecule has 0 spiro atoms. The number of ether oxygens (including phenoxy) is 3. The van der Waals surface area contributed by atoms with E-state index in [0.29, 0.717) is 31.3 Å². The molecule has 0 aromatic heterocycles. The molecule has 1 aliphatic heterocycles. The van der Waals surface area contributed by atoms with Gasteiger partial charge in [0.25, 0.3) is 0 Å². The smallest absolute Gasteiger partial charge is 0.247 e. The molecular weight excluding hydrogens is 294 g/mol. The number of morpholine rings is 1. The van der Waals surface area contributed by atoms with Gasteiger partial charge in [-0.25, -0.2) is 8.42 Å². The number of methoxy groups -OCH3 is 2. The highest BCUT2D eigenvalue weighted by Gasteiger charge is 2.41. The lowest BCUT2D eigenvalue weighted by molar-refractivity contribution is -0.00776. The normalized spacial score (nSPS) is 19.2. The van der Waals surface area contributed by atoms with Crippen LogP contribution in [0.2, 0.25) is 0 Å². The molecular formula is C14H21NO5S. The van der Waals surface area contributed by atoms with E-state index in [1.807, 2.05) is 13.8 Å². The molecule has 0 amide bonds. The van der Waals surface area contributed by atoms with Crippen molar-refractivity contribution in [1.82, 2.24) is 4.31 Å². The van der Waals surface area contributed by atoms with Crippen molar-refractivity contribution in [2.24, 2.45) is 0 Å². The van der Waals surface area contributed by atoms with Gasteiger partial charge in [-0.3, -0.25) is 0 Å². The monoisotopic (exact) mass is 315 g/mol. The molecule has 1 aliphatic rings. The highest BCUT2D eigenvalue weighted by atomic mass is 32.2. The largest absolute Gasteiger partial charge is 0.497 e. The van der Waals surface area contributed by atoms with Crippen LogP contribution in [0.4, 0.5) is 0 Å². The first-order valence-electron chi connectivity index (χ1n) is 6.65. The van der Waals surface area contributed by atoms with Crippen LogP contribution in [0, 0.1) is 0 Å². The van der Waals surface area contributed by atoms with E-state index in [-0.39, 0.29) is 4.90 Å². The van der Waals surface area contributed by atoms with E-state index in [1.165, 1.54) is 24.6 Å². The van der Waals surface area contributed by atoms with E-state index in [9.17, 15) is 8.42 Å². The molecule has 6 nitrogen and oxygen atoms in total. The van der Waals surface area contributed by atoms with Crippen molar-refractivity contribution in [3.8, 4) is 11.5 Å². The summed E-state index contributed by atoms with van der Waals surface area (Å²) in [4.78, 5) is 0.110. The summed E-state index contributed by atoms with van der Waals surface area (Å²) in [5, 5.41) is 0. The maximum absolute atomic E-state index is 13.0. The summed E-state index contributed by atoms with van der Waals surface area (Å²) in [6.07, 6.45) is 0. The highest BCUT2D eigenvalue weighted by Crippen LogP contribution is 2.34. The Morgan fingerprint density at radius 2 is 1.95 bits per heavy atom. The molecule has 1 aromatic rings. The number of hydrogen-bond acceptors (Lipinski definition) is 5. The molecule has 2 rings (SSSR count). The molecule has 0 saturated carbocycles. The van der Waals surface area contributed by atoms with Gasteiger partial charge in [0.1, 0.15) is 16.4 Å². The topological polar surface area (TPSA) is 65.1 Å². The first kappa shape index (κ1) is 16.1. The Balaban J connectivity index is 2.52. The number of rotatable bonds is 4. The maximum Gasteiger partial charge on any atom is 0.247 e. The number of sulfonamides is 1. The quantitative estimate of drug-likeness (QED) is 0.842. The fourth-order valence-corrected chi connectivity index (χ4v) is 4.32. The molecule has 118 valence electrons. The van der Waals surface area contributed by atoms with Crippen LogP contribution in [0.1, 0.15) is 13.8 Å². The zero-order valence-corrected chi connectivity index (χ0v) is 13.6. The SMILES string of the molecule is COc1ccc(OC)c(S(=O)(=O)N2CCOCC2(C)C)c1. The van der Waals surface area contributed by atoms with Gasteiger partial charge in [0.15, 0.2) is 0 Å². The highest BCUT2D eigenvalue weighted by molar-refractivity contribution is 7.89. The Morgan fingerprint density at radius 1 is 1.24 bits per heavy atom. The molecule has 0 bridgehead atoms. The third kappa shape index (κ3) is 3.00. The van der Waals surface area contributed by atoms with Crippen LogP contribution in [-0.2, 0) is 14.8 Å². The van der Waals surface area contributed by atoms with Crippen molar-refractivity contribution in [2.75, 3.05) is 34.0 Å². The van der Waals surface area contributed by atoms with Gasteiger partial charge in [-0.15, -0.1) is 0 Å². The Kier molecular flexibility index (Phi) is 4.46. The summed E-state index contributed by atoms with van der Waals surface area (Å²) in [7, 11) is -0.750. The molecule has 1 aromatic carbocycles. The summed E-state index contributed by atoms with van der Waals surface area (Å²) >= 11 is 0. The second-order valence-electron chi connectivity index (χ2n) is 5.46. The predicted octanol–water partition coefficient (Wildman–Crippen LogP) is 1.50. The predicted molar refractivity (Wildman–Crippen MR) is 78.3 cm³/mol. The van der Waals surface area contributed by atoms with Gasteiger partial charge in [-0.2, -0.15) is 4.31 Å². The van der Waals surface area contributed by atoms with Crippen LogP contribution < -0.4 is 9.47 Å². The fraction of sp³-hybridized carbons (Fsp3) is 0.571. The summed E-state index contributed by atoms with van der Waals surface area (Å²) in [5.74, 6) is 0.776. The van der Waals surface area contributed by atoms with Crippen LogP contribution in [-0.4, -0.2) is 52.2 Å². The molecule has 1 heterocycles. The van der Waals surface area contributed by atoms with E-state index < -0.39 is 15.6 Å². The lowest BCUT2D eigenvalue weighted by Gasteiger charge is -2.40. The summed E-state index contributed by atoms with van der Waals surface area (Å²) in [6, 6.07) is 4.75. The molecule has 21 heavy (non-hydrogen) atoms. The summed E-state index contributed by atoms with van der Waals surface area (Å²) < 4.78 is 43.1. The maximum atomic E-state index is 13.0. The third-order valence-corrected chi connectivity index (χ3v) is 5.64. The lowest BCUT2D eigenvalue weighted by atomic mass is 10.1. The Labute approximate surface area is 125 Å². The van der Waals surface area contributed by atoms with Crippen molar-refractivity contribution in [2.45, 2.75) is 24.3 Å². The molecule has 0 radical (unpaired) electrons. The van der Waals surface area contributed by atoms with Gasteiger partial charge in [-0.05, 0) is 26.0 Å². The van der Waals surface area contributed by atoms with Crippen molar-refractivity contribution >= 4 is 10.0 Å². The molecule has 1 fully saturated rings. The first-order chi connectivity index (χ1) is 9.82. The second-order valence-corrected chi connectivity index (χ2v) is 7.29. The van der Waals surface area contributed by atoms with E-state index in [4.69, 9.17) is 14.2 Å². The van der Waals surface area contributed by atoms with Crippen LogP contribution in [0.15, 0.2) is 23.1 Å². The zero-order valence-electron chi connectivity index (χ0n) is 12.8. The van der Waals surface area contributed by atoms with Crippen LogP contribution in [0.5, 0.6) is 11.5 Å². The Bertz CT molecular complexity index is 612. The fourth-order valence-electron chi connectivity index (χ4n) is 2.39. The van der Waals surface area contributed by atoms with E-state index in [0.717, 1.165) is 0 Å². The van der Waals surface area contributed by atoms with Crippen molar-refractivity contribution < 1.29 is 22.6 Å². The molecule has 1 saturated heterocycles. The molecule has 7 heteroatoms.